The molecule has 1 aromatic carbocycles. The van der Waals surface area contributed by atoms with Crippen LogP contribution in [0, 0.1) is 6.92 Å². The number of rotatable bonds is 7. The lowest BCUT2D eigenvalue weighted by molar-refractivity contribution is 0.199. The Morgan fingerprint density at radius 1 is 1.25 bits per heavy atom. The van der Waals surface area contributed by atoms with Gasteiger partial charge in [-0.2, -0.15) is 0 Å². The molecule has 0 atom stereocenters. The SMILES string of the molecule is COCCNCc1cnc(Sc2cccc(C)c2)nc1. The van der Waals surface area contributed by atoms with Gasteiger partial charge in [0.2, 0.25) is 0 Å². The van der Waals surface area contributed by atoms with Gasteiger partial charge in [0.15, 0.2) is 5.16 Å². The van der Waals surface area contributed by atoms with E-state index in [4.69, 9.17) is 4.74 Å². The maximum atomic E-state index is 4.98. The molecule has 0 amide bonds. The van der Waals surface area contributed by atoms with Gasteiger partial charge in [-0.1, -0.05) is 17.7 Å². The lowest BCUT2D eigenvalue weighted by Gasteiger charge is -2.05. The number of hydrogen-bond acceptors (Lipinski definition) is 5. The molecule has 106 valence electrons. The Balaban J connectivity index is 1.88. The molecule has 1 N–H and O–H groups in total. The number of aromatic nitrogens is 2. The summed E-state index contributed by atoms with van der Waals surface area (Å²) in [5.74, 6) is 0. The molecule has 0 saturated heterocycles. The summed E-state index contributed by atoms with van der Waals surface area (Å²) in [6.07, 6.45) is 3.73. The molecule has 0 bridgehead atoms. The molecule has 0 saturated carbocycles. The van der Waals surface area contributed by atoms with Crippen LogP contribution in [0.1, 0.15) is 11.1 Å². The summed E-state index contributed by atoms with van der Waals surface area (Å²) >= 11 is 1.58. The van der Waals surface area contributed by atoms with E-state index in [2.05, 4.69) is 40.4 Å². The highest BCUT2D eigenvalue weighted by Gasteiger charge is 2.01. The van der Waals surface area contributed by atoms with E-state index >= 15 is 0 Å². The quantitative estimate of drug-likeness (QED) is 0.627. The van der Waals surface area contributed by atoms with Crippen LogP contribution in [0.5, 0.6) is 0 Å². The number of ether oxygens (including phenoxy) is 1. The van der Waals surface area contributed by atoms with Crippen molar-refractivity contribution < 1.29 is 4.74 Å². The van der Waals surface area contributed by atoms with E-state index in [9.17, 15) is 0 Å². The molecule has 2 aromatic rings. The van der Waals surface area contributed by atoms with Crippen molar-refractivity contribution in [3.8, 4) is 0 Å². The van der Waals surface area contributed by atoms with Crippen LogP contribution in [0.3, 0.4) is 0 Å². The van der Waals surface area contributed by atoms with Crippen LogP contribution in [0.2, 0.25) is 0 Å². The summed E-state index contributed by atoms with van der Waals surface area (Å²) < 4.78 is 4.98. The smallest absolute Gasteiger partial charge is 0.192 e. The molecule has 1 heterocycles. The molecular formula is C15H19N3OS. The minimum Gasteiger partial charge on any atom is -0.383 e. The highest BCUT2D eigenvalue weighted by Crippen LogP contribution is 2.24. The summed E-state index contributed by atoms with van der Waals surface area (Å²) in [6, 6.07) is 8.33. The highest BCUT2D eigenvalue weighted by molar-refractivity contribution is 7.99. The number of methoxy groups -OCH3 is 1. The number of nitrogens with one attached hydrogen (secondary N) is 1. The second-order valence-corrected chi connectivity index (χ2v) is 5.50. The molecule has 2 rings (SSSR count). The van der Waals surface area contributed by atoms with Gasteiger partial charge in [-0.25, -0.2) is 9.97 Å². The van der Waals surface area contributed by atoms with Crippen LogP contribution < -0.4 is 5.32 Å². The van der Waals surface area contributed by atoms with Crippen molar-refractivity contribution in [2.24, 2.45) is 0 Å². The predicted octanol–water partition coefficient (Wildman–Crippen LogP) is 2.67. The second kappa shape index (κ2) is 7.99. The normalized spacial score (nSPS) is 10.7. The van der Waals surface area contributed by atoms with E-state index in [0.29, 0.717) is 6.61 Å². The molecule has 5 heteroatoms. The van der Waals surface area contributed by atoms with Crippen LogP contribution in [0.4, 0.5) is 0 Å². The number of aryl methyl sites for hydroxylation is 1. The average molecular weight is 289 g/mol. The first-order valence-electron chi connectivity index (χ1n) is 6.53. The maximum absolute atomic E-state index is 4.98. The van der Waals surface area contributed by atoms with Gasteiger partial charge in [-0.05, 0) is 30.8 Å². The van der Waals surface area contributed by atoms with Crippen LogP contribution in [-0.4, -0.2) is 30.2 Å². The Kier molecular flexibility index (Phi) is 5.98. The molecule has 1 aromatic heterocycles. The summed E-state index contributed by atoms with van der Waals surface area (Å²) in [7, 11) is 1.70. The van der Waals surface area contributed by atoms with Crippen molar-refractivity contribution in [3.05, 3.63) is 47.8 Å². The lowest BCUT2D eigenvalue weighted by atomic mass is 10.2. The minimum absolute atomic E-state index is 0.710. The van der Waals surface area contributed by atoms with Crippen molar-refractivity contribution in [3.63, 3.8) is 0 Å². The van der Waals surface area contributed by atoms with E-state index in [1.54, 1.807) is 18.9 Å². The Bertz CT molecular complexity index is 531. The van der Waals surface area contributed by atoms with E-state index in [0.717, 1.165) is 28.7 Å². The van der Waals surface area contributed by atoms with E-state index in [1.807, 2.05) is 18.5 Å². The van der Waals surface area contributed by atoms with E-state index < -0.39 is 0 Å². The second-order valence-electron chi connectivity index (χ2n) is 4.46. The summed E-state index contributed by atoms with van der Waals surface area (Å²) in [4.78, 5) is 9.93. The van der Waals surface area contributed by atoms with Gasteiger partial charge in [0.1, 0.15) is 0 Å². The fraction of sp³-hybridized carbons (Fsp3) is 0.333. The molecule has 0 spiro atoms. The average Bonchev–Trinajstić information content (AvgIpc) is 2.45. The fourth-order valence-corrected chi connectivity index (χ4v) is 2.49. The molecule has 0 unspecified atom stereocenters. The first-order valence-corrected chi connectivity index (χ1v) is 7.34. The van der Waals surface area contributed by atoms with Gasteiger partial charge in [0.05, 0.1) is 6.61 Å². The van der Waals surface area contributed by atoms with Gasteiger partial charge in [0, 0.05) is 43.1 Å². The molecule has 0 aliphatic rings. The number of hydrogen-bond donors (Lipinski definition) is 1. The number of benzene rings is 1. The lowest BCUT2D eigenvalue weighted by Crippen LogP contribution is -2.18. The molecule has 0 fully saturated rings. The van der Waals surface area contributed by atoms with Crippen molar-refractivity contribution in [1.82, 2.24) is 15.3 Å². The summed E-state index contributed by atoms with van der Waals surface area (Å²) in [6.45, 7) is 4.39. The van der Waals surface area contributed by atoms with Crippen molar-refractivity contribution in [2.45, 2.75) is 23.5 Å². The topological polar surface area (TPSA) is 47.0 Å². The zero-order chi connectivity index (χ0) is 14.2. The van der Waals surface area contributed by atoms with E-state index in [-0.39, 0.29) is 0 Å². The highest BCUT2D eigenvalue weighted by atomic mass is 32.2. The standard InChI is InChI=1S/C15H19N3OS/c1-12-4-3-5-14(8-12)20-15-17-10-13(11-18-15)9-16-6-7-19-2/h3-5,8,10-11,16H,6-7,9H2,1-2H3. The fourth-order valence-electron chi connectivity index (χ4n) is 1.68. The molecular weight excluding hydrogens is 270 g/mol. The predicted molar refractivity (Wildman–Crippen MR) is 80.9 cm³/mol. The van der Waals surface area contributed by atoms with Gasteiger partial charge < -0.3 is 10.1 Å². The molecule has 20 heavy (non-hydrogen) atoms. The number of nitrogens with zero attached hydrogens (tertiary/aromatic N) is 2. The molecule has 4 nitrogen and oxygen atoms in total. The Morgan fingerprint density at radius 2 is 2.05 bits per heavy atom. The first kappa shape index (κ1) is 15.0. The van der Waals surface area contributed by atoms with Gasteiger partial charge in [-0.15, -0.1) is 0 Å². The van der Waals surface area contributed by atoms with Crippen molar-refractivity contribution >= 4 is 11.8 Å². The monoisotopic (exact) mass is 289 g/mol. The molecule has 0 radical (unpaired) electrons. The molecule has 0 aliphatic heterocycles. The van der Waals surface area contributed by atoms with Gasteiger partial charge >= 0.3 is 0 Å². The van der Waals surface area contributed by atoms with E-state index in [1.165, 1.54) is 5.56 Å². The minimum atomic E-state index is 0.710. The third-order valence-corrected chi connectivity index (χ3v) is 3.58. The Labute approximate surface area is 124 Å². The van der Waals surface area contributed by atoms with Crippen LogP contribution in [0.15, 0.2) is 46.7 Å². The van der Waals surface area contributed by atoms with Crippen molar-refractivity contribution in [2.75, 3.05) is 20.3 Å². The zero-order valence-electron chi connectivity index (χ0n) is 11.8. The van der Waals surface area contributed by atoms with Crippen molar-refractivity contribution in [1.29, 1.82) is 0 Å². The van der Waals surface area contributed by atoms with Crippen LogP contribution in [0.25, 0.3) is 0 Å². The van der Waals surface area contributed by atoms with Gasteiger partial charge in [0.25, 0.3) is 0 Å². The van der Waals surface area contributed by atoms with Crippen LogP contribution >= 0.6 is 11.8 Å². The Morgan fingerprint density at radius 3 is 2.75 bits per heavy atom. The third-order valence-electron chi connectivity index (χ3n) is 2.69. The third kappa shape index (κ3) is 4.92. The Hall–Kier alpha value is -1.43. The first-order chi connectivity index (χ1) is 9.78. The van der Waals surface area contributed by atoms with Gasteiger partial charge in [-0.3, -0.25) is 0 Å². The summed E-state index contributed by atoms with van der Waals surface area (Å²) in [5.41, 5.74) is 2.32. The zero-order valence-corrected chi connectivity index (χ0v) is 12.6. The molecule has 0 aliphatic carbocycles. The maximum Gasteiger partial charge on any atom is 0.192 e. The largest absolute Gasteiger partial charge is 0.383 e. The van der Waals surface area contributed by atoms with Crippen LogP contribution in [-0.2, 0) is 11.3 Å². The summed E-state index contributed by atoms with van der Waals surface area (Å²) in [5, 5.41) is 4.04.